The summed E-state index contributed by atoms with van der Waals surface area (Å²) >= 11 is 0. The summed E-state index contributed by atoms with van der Waals surface area (Å²) < 4.78 is 10.4. The molecule has 0 aromatic heterocycles. The highest BCUT2D eigenvalue weighted by molar-refractivity contribution is 5.98. The Labute approximate surface area is 169 Å². The Bertz CT molecular complexity index is 904. The van der Waals surface area contributed by atoms with Crippen LogP contribution in [0.25, 0.3) is 0 Å². The maximum absolute atomic E-state index is 12.2. The molecule has 152 valence electrons. The van der Waals surface area contributed by atoms with Gasteiger partial charge in [-0.05, 0) is 50.2 Å². The van der Waals surface area contributed by atoms with Gasteiger partial charge in [0.2, 0.25) is 0 Å². The lowest BCUT2D eigenvalue weighted by atomic mass is 10.1. The maximum atomic E-state index is 12.2. The number of anilines is 1. The molecule has 2 aromatic carbocycles. The van der Waals surface area contributed by atoms with Gasteiger partial charge in [-0.15, -0.1) is 0 Å². The number of hydrogen-bond acceptors (Lipinski definition) is 6. The van der Waals surface area contributed by atoms with E-state index in [0.29, 0.717) is 29.0 Å². The van der Waals surface area contributed by atoms with Crippen molar-refractivity contribution in [2.24, 2.45) is 0 Å². The van der Waals surface area contributed by atoms with Gasteiger partial charge in [-0.2, -0.15) is 0 Å². The van der Waals surface area contributed by atoms with Gasteiger partial charge in [0.1, 0.15) is 5.75 Å². The average Bonchev–Trinajstić information content (AvgIpc) is 2.72. The fraction of sp³-hybridized carbons (Fsp3) is 0.273. The summed E-state index contributed by atoms with van der Waals surface area (Å²) in [5.41, 5.74) is 1.47. The lowest BCUT2D eigenvalue weighted by molar-refractivity contribution is -0.155. The summed E-state index contributed by atoms with van der Waals surface area (Å²) in [6.45, 7) is 4.27. The van der Waals surface area contributed by atoms with Crippen LogP contribution in [0.4, 0.5) is 5.69 Å². The first kappa shape index (κ1) is 21.8. The molecule has 1 amide bonds. The van der Waals surface area contributed by atoms with Gasteiger partial charge >= 0.3 is 5.97 Å². The lowest BCUT2D eigenvalue weighted by Gasteiger charge is -2.14. The molecular formula is C22H23NO6. The molecule has 1 atom stereocenters. The van der Waals surface area contributed by atoms with E-state index in [1.165, 1.54) is 13.8 Å². The summed E-state index contributed by atoms with van der Waals surface area (Å²) in [4.78, 5) is 47.1. The second-order valence-corrected chi connectivity index (χ2v) is 6.35. The number of ether oxygens (including phenoxy) is 2. The summed E-state index contributed by atoms with van der Waals surface area (Å²) in [5, 5.41) is 2.60. The molecule has 0 saturated carbocycles. The zero-order valence-corrected chi connectivity index (χ0v) is 16.6. The molecule has 7 heteroatoms. The maximum Gasteiger partial charge on any atom is 0.344 e. The Morgan fingerprint density at radius 2 is 1.69 bits per heavy atom. The number of carbonyl (C=O) groups is 4. The van der Waals surface area contributed by atoms with E-state index in [-0.39, 0.29) is 18.2 Å². The van der Waals surface area contributed by atoms with Gasteiger partial charge < -0.3 is 14.8 Å². The summed E-state index contributed by atoms with van der Waals surface area (Å²) in [6, 6.07) is 12.9. The Balaban J connectivity index is 1.83. The Kier molecular flexibility index (Phi) is 7.65. The molecule has 0 unspecified atom stereocenters. The normalized spacial score (nSPS) is 11.3. The molecule has 29 heavy (non-hydrogen) atoms. The van der Waals surface area contributed by atoms with Crippen molar-refractivity contribution in [2.75, 3.05) is 11.9 Å². The third-order valence-corrected chi connectivity index (χ3v) is 4.07. The number of benzene rings is 2. The molecule has 0 saturated heterocycles. The van der Waals surface area contributed by atoms with E-state index >= 15 is 0 Å². The zero-order valence-electron chi connectivity index (χ0n) is 16.6. The van der Waals surface area contributed by atoms with Gasteiger partial charge in [0, 0.05) is 23.2 Å². The molecule has 0 radical (unpaired) electrons. The van der Waals surface area contributed by atoms with Gasteiger partial charge in [0.15, 0.2) is 24.3 Å². The molecule has 0 heterocycles. The van der Waals surface area contributed by atoms with Gasteiger partial charge in [0.05, 0.1) is 0 Å². The van der Waals surface area contributed by atoms with Crippen LogP contribution in [-0.4, -0.2) is 36.2 Å². The monoisotopic (exact) mass is 397 g/mol. The van der Waals surface area contributed by atoms with Crippen LogP contribution in [0.2, 0.25) is 0 Å². The van der Waals surface area contributed by atoms with Gasteiger partial charge in [0.25, 0.3) is 5.91 Å². The molecule has 0 aliphatic heterocycles. The van der Waals surface area contributed by atoms with Gasteiger partial charge in [-0.1, -0.05) is 19.1 Å². The van der Waals surface area contributed by atoms with E-state index < -0.39 is 18.0 Å². The van der Waals surface area contributed by atoms with E-state index in [4.69, 9.17) is 9.47 Å². The standard InChI is InChI=1S/C22H23NO6/c1-4-20(25)16-8-10-19(11-9-16)28-13-21(26)29-15(3)22(27)23-18-7-5-6-17(12-18)14(2)24/h5-12,15H,4,13H2,1-3H3,(H,23,27)/t15-/m0/s1. The molecule has 7 nitrogen and oxygen atoms in total. The summed E-state index contributed by atoms with van der Waals surface area (Å²) in [5.74, 6) is -0.928. The fourth-order valence-corrected chi connectivity index (χ4v) is 2.43. The third-order valence-electron chi connectivity index (χ3n) is 4.07. The highest BCUT2D eigenvalue weighted by Gasteiger charge is 2.18. The molecule has 0 aliphatic rings. The minimum Gasteiger partial charge on any atom is -0.482 e. The first-order valence-electron chi connectivity index (χ1n) is 9.17. The number of rotatable bonds is 9. The van der Waals surface area contributed by atoms with Crippen LogP contribution < -0.4 is 10.1 Å². The van der Waals surface area contributed by atoms with Crippen LogP contribution in [0, 0.1) is 0 Å². The molecule has 0 fully saturated rings. The summed E-state index contributed by atoms with van der Waals surface area (Å²) in [7, 11) is 0. The smallest absolute Gasteiger partial charge is 0.344 e. The Morgan fingerprint density at radius 1 is 1.00 bits per heavy atom. The van der Waals surface area contributed by atoms with Crippen molar-refractivity contribution < 1.29 is 28.7 Å². The Hall–Kier alpha value is -3.48. The SMILES string of the molecule is CCC(=O)c1ccc(OCC(=O)O[C@@H](C)C(=O)Nc2cccc(C(C)=O)c2)cc1. The van der Waals surface area contributed by atoms with Gasteiger partial charge in [-0.3, -0.25) is 14.4 Å². The molecule has 2 aromatic rings. The predicted molar refractivity (Wildman–Crippen MR) is 107 cm³/mol. The second-order valence-electron chi connectivity index (χ2n) is 6.35. The number of Topliss-reactive ketones (excluding diaryl/α,β-unsaturated/α-hetero) is 2. The first-order chi connectivity index (χ1) is 13.8. The van der Waals surface area contributed by atoms with Crippen molar-refractivity contribution in [3.8, 4) is 5.75 Å². The molecular weight excluding hydrogens is 374 g/mol. The number of carbonyl (C=O) groups excluding carboxylic acids is 4. The molecule has 2 rings (SSSR count). The van der Waals surface area contributed by atoms with Crippen LogP contribution in [0.1, 0.15) is 47.9 Å². The number of amides is 1. The molecule has 0 aliphatic carbocycles. The minimum atomic E-state index is -1.04. The molecule has 1 N–H and O–H groups in total. The van der Waals surface area contributed by atoms with E-state index in [0.717, 1.165) is 0 Å². The van der Waals surface area contributed by atoms with Crippen LogP contribution >= 0.6 is 0 Å². The molecule has 0 bridgehead atoms. The third kappa shape index (κ3) is 6.57. The Morgan fingerprint density at radius 3 is 2.31 bits per heavy atom. The number of nitrogens with one attached hydrogen (secondary N) is 1. The highest BCUT2D eigenvalue weighted by Crippen LogP contribution is 2.14. The van der Waals surface area contributed by atoms with E-state index in [2.05, 4.69) is 5.32 Å². The summed E-state index contributed by atoms with van der Waals surface area (Å²) in [6.07, 6.45) is -0.637. The van der Waals surface area contributed by atoms with Crippen LogP contribution in [-0.2, 0) is 14.3 Å². The van der Waals surface area contributed by atoms with Crippen molar-refractivity contribution in [3.63, 3.8) is 0 Å². The predicted octanol–water partition coefficient (Wildman–Crippen LogP) is 3.43. The zero-order chi connectivity index (χ0) is 21.4. The van der Waals surface area contributed by atoms with E-state index in [9.17, 15) is 19.2 Å². The topological polar surface area (TPSA) is 98.8 Å². The van der Waals surface area contributed by atoms with Crippen LogP contribution in [0.3, 0.4) is 0 Å². The number of hydrogen-bond donors (Lipinski definition) is 1. The molecule has 0 spiro atoms. The van der Waals surface area contributed by atoms with Crippen molar-refractivity contribution in [3.05, 3.63) is 59.7 Å². The fourth-order valence-electron chi connectivity index (χ4n) is 2.43. The van der Waals surface area contributed by atoms with Gasteiger partial charge in [-0.25, -0.2) is 4.79 Å². The quantitative estimate of drug-likeness (QED) is 0.514. The highest BCUT2D eigenvalue weighted by atomic mass is 16.6. The van der Waals surface area contributed by atoms with Crippen LogP contribution in [0.5, 0.6) is 5.75 Å². The first-order valence-corrected chi connectivity index (χ1v) is 9.17. The average molecular weight is 397 g/mol. The van der Waals surface area contributed by atoms with E-state index in [1.54, 1.807) is 55.5 Å². The van der Waals surface area contributed by atoms with Crippen LogP contribution in [0.15, 0.2) is 48.5 Å². The number of esters is 1. The van der Waals surface area contributed by atoms with Crippen molar-refractivity contribution in [1.29, 1.82) is 0 Å². The largest absolute Gasteiger partial charge is 0.482 e. The van der Waals surface area contributed by atoms with E-state index in [1.807, 2.05) is 0 Å². The number of ketones is 2. The van der Waals surface area contributed by atoms with Crippen molar-refractivity contribution in [1.82, 2.24) is 0 Å². The minimum absolute atomic E-state index is 0.0182. The second kappa shape index (κ2) is 10.2. The van der Waals surface area contributed by atoms with Crippen molar-refractivity contribution in [2.45, 2.75) is 33.3 Å². The lowest BCUT2D eigenvalue weighted by Crippen LogP contribution is -2.31. The van der Waals surface area contributed by atoms with Crippen molar-refractivity contribution >= 4 is 29.1 Å².